The van der Waals surface area contributed by atoms with Crippen LogP contribution >= 0.6 is 11.3 Å². The lowest BCUT2D eigenvalue weighted by molar-refractivity contribution is 0.415. The van der Waals surface area contributed by atoms with Crippen molar-refractivity contribution in [3.05, 3.63) is 48.9 Å². The summed E-state index contributed by atoms with van der Waals surface area (Å²) in [6, 6.07) is 9.68. The molecule has 0 unspecified atom stereocenters. The first-order valence-electron chi connectivity index (χ1n) is 8.00. The van der Waals surface area contributed by atoms with E-state index >= 15 is 0 Å². The summed E-state index contributed by atoms with van der Waals surface area (Å²) in [5, 5.41) is 21.1. The Kier molecular flexibility index (Phi) is 3.61. The second kappa shape index (κ2) is 6.25. The van der Waals surface area contributed by atoms with E-state index < -0.39 is 0 Å². The van der Waals surface area contributed by atoms with Gasteiger partial charge in [-0.25, -0.2) is 4.98 Å². The van der Waals surface area contributed by atoms with Crippen LogP contribution in [0.3, 0.4) is 0 Å². The van der Waals surface area contributed by atoms with Gasteiger partial charge in [0.25, 0.3) is 0 Å². The fourth-order valence-corrected chi connectivity index (χ4v) is 3.45. The molecular formula is C17H12N8OS. The number of methoxy groups -OCH3 is 1. The van der Waals surface area contributed by atoms with Gasteiger partial charge < -0.3 is 4.74 Å². The van der Waals surface area contributed by atoms with Gasteiger partial charge in [0.1, 0.15) is 11.4 Å². The van der Waals surface area contributed by atoms with Crippen LogP contribution in [0.1, 0.15) is 0 Å². The lowest BCUT2D eigenvalue weighted by atomic mass is 10.1. The van der Waals surface area contributed by atoms with Gasteiger partial charge >= 0.3 is 0 Å². The number of benzene rings is 1. The Labute approximate surface area is 156 Å². The van der Waals surface area contributed by atoms with Gasteiger partial charge in [-0.3, -0.25) is 10.1 Å². The van der Waals surface area contributed by atoms with E-state index in [1.54, 1.807) is 30.2 Å². The van der Waals surface area contributed by atoms with Crippen molar-refractivity contribution >= 4 is 16.3 Å². The molecule has 0 saturated carbocycles. The predicted molar refractivity (Wildman–Crippen MR) is 99.3 cm³/mol. The second-order valence-corrected chi connectivity index (χ2v) is 6.57. The summed E-state index contributed by atoms with van der Waals surface area (Å²) < 4.78 is 6.85. The molecule has 132 valence electrons. The number of rotatable bonds is 4. The second-order valence-electron chi connectivity index (χ2n) is 5.61. The highest BCUT2D eigenvalue weighted by Gasteiger charge is 2.17. The SMILES string of the molecule is COc1ccc(-c2cc(-c3nn4c(-c5cnccn5)nnc4s3)[nH]n2)cc1. The third kappa shape index (κ3) is 2.72. The molecule has 0 aliphatic heterocycles. The molecule has 0 amide bonds. The number of H-pyrrole nitrogens is 1. The van der Waals surface area contributed by atoms with Crippen LogP contribution in [0.4, 0.5) is 0 Å². The Bertz CT molecular complexity index is 1210. The van der Waals surface area contributed by atoms with Crippen molar-refractivity contribution in [2.24, 2.45) is 0 Å². The van der Waals surface area contributed by atoms with E-state index in [1.165, 1.54) is 11.3 Å². The zero-order valence-electron chi connectivity index (χ0n) is 14.1. The van der Waals surface area contributed by atoms with Crippen LogP contribution in [-0.2, 0) is 0 Å². The Morgan fingerprint density at radius 1 is 1.07 bits per heavy atom. The van der Waals surface area contributed by atoms with E-state index in [9.17, 15) is 0 Å². The lowest BCUT2D eigenvalue weighted by Gasteiger charge is -1.99. The molecule has 0 spiro atoms. The monoisotopic (exact) mass is 376 g/mol. The van der Waals surface area contributed by atoms with Crippen molar-refractivity contribution < 1.29 is 4.74 Å². The fraction of sp³-hybridized carbons (Fsp3) is 0.0588. The van der Waals surface area contributed by atoms with Gasteiger partial charge in [-0.2, -0.15) is 14.7 Å². The molecule has 4 heterocycles. The summed E-state index contributed by atoms with van der Waals surface area (Å²) in [5.41, 5.74) is 3.24. The summed E-state index contributed by atoms with van der Waals surface area (Å²) in [4.78, 5) is 9.00. The number of fused-ring (bicyclic) bond motifs is 1. The third-order valence-corrected chi connectivity index (χ3v) is 4.91. The number of nitrogens with one attached hydrogen (secondary N) is 1. The first-order chi connectivity index (χ1) is 13.3. The maximum absolute atomic E-state index is 5.19. The van der Waals surface area contributed by atoms with Crippen molar-refractivity contribution in [3.8, 4) is 39.2 Å². The number of hydrogen-bond donors (Lipinski definition) is 1. The van der Waals surface area contributed by atoms with Gasteiger partial charge in [0.05, 0.1) is 24.7 Å². The molecule has 4 aromatic heterocycles. The number of aromatic nitrogens is 8. The number of aromatic amines is 1. The molecule has 5 aromatic rings. The summed E-state index contributed by atoms with van der Waals surface area (Å²) in [6.07, 6.45) is 4.85. The number of nitrogens with zero attached hydrogens (tertiary/aromatic N) is 7. The molecule has 0 saturated heterocycles. The van der Waals surface area contributed by atoms with E-state index in [2.05, 4.69) is 35.5 Å². The van der Waals surface area contributed by atoms with Crippen molar-refractivity contribution in [2.45, 2.75) is 0 Å². The maximum atomic E-state index is 5.19. The summed E-state index contributed by atoms with van der Waals surface area (Å²) in [6.45, 7) is 0. The first kappa shape index (κ1) is 15.6. The molecule has 0 fully saturated rings. The molecule has 27 heavy (non-hydrogen) atoms. The molecule has 9 nitrogen and oxygen atoms in total. The standard InChI is InChI=1S/C17H12N8OS/c1-26-11-4-2-10(3-5-11)12-8-13(21-20-12)16-24-25-15(22-23-17(25)27-16)14-9-18-6-7-19-14/h2-9H,1H3,(H,20,21). The Morgan fingerprint density at radius 3 is 2.74 bits per heavy atom. The van der Waals surface area contributed by atoms with E-state index in [-0.39, 0.29) is 0 Å². The smallest absolute Gasteiger partial charge is 0.235 e. The van der Waals surface area contributed by atoms with E-state index in [0.717, 1.165) is 27.7 Å². The fourth-order valence-electron chi connectivity index (χ4n) is 2.64. The molecule has 1 aromatic carbocycles. The number of hydrogen-bond acceptors (Lipinski definition) is 8. The topological polar surface area (TPSA) is 107 Å². The Morgan fingerprint density at radius 2 is 1.96 bits per heavy atom. The van der Waals surface area contributed by atoms with E-state index in [4.69, 9.17) is 4.74 Å². The van der Waals surface area contributed by atoms with E-state index in [0.29, 0.717) is 16.5 Å². The van der Waals surface area contributed by atoms with Crippen LogP contribution < -0.4 is 4.74 Å². The molecule has 1 N–H and O–H groups in total. The molecular weight excluding hydrogens is 364 g/mol. The first-order valence-corrected chi connectivity index (χ1v) is 8.82. The molecule has 0 bridgehead atoms. The quantitative estimate of drug-likeness (QED) is 0.514. The maximum Gasteiger partial charge on any atom is 0.235 e. The van der Waals surface area contributed by atoms with Gasteiger partial charge in [0, 0.05) is 18.0 Å². The van der Waals surface area contributed by atoms with Gasteiger partial charge in [-0.1, -0.05) is 11.3 Å². The van der Waals surface area contributed by atoms with Gasteiger partial charge in [0.15, 0.2) is 5.01 Å². The van der Waals surface area contributed by atoms with Crippen LogP contribution in [0.15, 0.2) is 48.9 Å². The molecule has 5 rings (SSSR count). The zero-order chi connectivity index (χ0) is 18.2. The molecule has 0 atom stereocenters. The number of ether oxygens (including phenoxy) is 1. The predicted octanol–water partition coefficient (Wildman–Crippen LogP) is 2.71. The van der Waals surface area contributed by atoms with Gasteiger partial charge in [0.2, 0.25) is 10.8 Å². The normalized spacial score (nSPS) is 11.1. The summed E-state index contributed by atoms with van der Waals surface area (Å²) in [7, 11) is 1.64. The molecule has 0 aliphatic carbocycles. The van der Waals surface area contributed by atoms with Crippen LogP contribution in [0.2, 0.25) is 0 Å². The van der Waals surface area contributed by atoms with Crippen LogP contribution in [-0.4, -0.2) is 47.1 Å². The summed E-state index contributed by atoms with van der Waals surface area (Å²) in [5.74, 6) is 1.36. The van der Waals surface area contributed by atoms with Crippen molar-refractivity contribution in [3.63, 3.8) is 0 Å². The van der Waals surface area contributed by atoms with E-state index in [1.807, 2.05) is 30.3 Å². The van der Waals surface area contributed by atoms with Crippen LogP contribution in [0, 0.1) is 0 Å². The van der Waals surface area contributed by atoms with Gasteiger partial charge in [-0.05, 0) is 30.3 Å². The minimum Gasteiger partial charge on any atom is -0.497 e. The highest BCUT2D eigenvalue weighted by atomic mass is 32.1. The average Bonchev–Trinajstić information content (AvgIpc) is 3.44. The minimum atomic E-state index is 0.551. The molecule has 10 heteroatoms. The van der Waals surface area contributed by atoms with Crippen molar-refractivity contribution in [2.75, 3.05) is 7.11 Å². The average molecular weight is 376 g/mol. The highest BCUT2D eigenvalue weighted by Crippen LogP contribution is 2.29. The summed E-state index contributed by atoms with van der Waals surface area (Å²) >= 11 is 1.42. The third-order valence-electron chi connectivity index (χ3n) is 3.98. The van der Waals surface area contributed by atoms with Crippen LogP contribution in [0.25, 0.3) is 38.4 Å². The highest BCUT2D eigenvalue weighted by molar-refractivity contribution is 7.19. The zero-order valence-corrected chi connectivity index (χ0v) is 14.9. The van der Waals surface area contributed by atoms with Crippen LogP contribution in [0.5, 0.6) is 5.75 Å². The molecule has 0 radical (unpaired) electrons. The lowest BCUT2D eigenvalue weighted by Crippen LogP contribution is -1.93. The molecule has 0 aliphatic rings. The van der Waals surface area contributed by atoms with Gasteiger partial charge in [-0.15, -0.1) is 10.2 Å². The van der Waals surface area contributed by atoms with Crippen molar-refractivity contribution in [1.82, 2.24) is 40.0 Å². The Balaban J connectivity index is 1.51. The van der Waals surface area contributed by atoms with Crippen molar-refractivity contribution in [1.29, 1.82) is 0 Å². The minimum absolute atomic E-state index is 0.551. The largest absolute Gasteiger partial charge is 0.497 e. The Hall–Kier alpha value is -3.66.